The summed E-state index contributed by atoms with van der Waals surface area (Å²) in [5.41, 5.74) is 1.47. The van der Waals surface area contributed by atoms with E-state index in [9.17, 15) is 9.18 Å². The van der Waals surface area contributed by atoms with Crippen LogP contribution in [-0.2, 0) is 11.3 Å². The number of nitrogens with zero attached hydrogens (tertiary/aromatic N) is 1. The molecule has 2 rings (SSSR count). The van der Waals surface area contributed by atoms with Crippen molar-refractivity contribution in [1.29, 1.82) is 0 Å². The van der Waals surface area contributed by atoms with E-state index >= 15 is 0 Å². The fraction of sp³-hybridized carbons (Fsp3) is 0.562. The molecule has 1 amide bonds. The van der Waals surface area contributed by atoms with E-state index in [-0.39, 0.29) is 17.8 Å². The number of nitrogens with one attached hydrogen (secondary N) is 2. The third-order valence-electron chi connectivity index (χ3n) is 3.86. The van der Waals surface area contributed by atoms with Crippen molar-refractivity contribution in [3.63, 3.8) is 0 Å². The summed E-state index contributed by atoms with van der Waals surface area (Å²) in [6, 6.07) is 5.17. The maximum atomic E-state index is 14.4. The van der Waals surface area contributed by atoms with Crippen LogP contribution < -0.4 is 15.5 Å². The van der Waals surface area contributed by atoms with E-state index in [1.807, 2.05) is 11.0 Å². The fourth-order valence-electron chi connectivity index (χ4n) is 2.81. The first-order valence-electron chi connectivity index (χ1n) is 7.53. The van der Waals surface area contributed by atoms with Gasteiger partial charge in [0.1, 0.15) is 11.9 Å². The first-order chi connectivity index (χ1) is 10.0. The molecule has 0 saturated carbocycles. The Morgan fingerprint density at radius 2 is 2.24 bits per heavy atom. The summed E-state index contributed by atoms with van der Waals surface area (Å²) < 4.78 is 14.4. The fourth-order valence-corrected chi connectivity index (χ4v) is 2.81. The van der Waals surface area contributed by atoms with Crippen molar-refractivity contribution in [3.8, 4) is 0 Å². The predicted octanol–water partition coefficient (Wildman–Crippen LogP) is 2.04. The summed E-state index contributed by atoms with van der Waals surface area (Å²) in [6.07, 6.45) is 1.68. The zero-order chi connectivity index (χ0) is 15.4. The molecule has 1 aromatic carbocycles. The summed E-state index contributed by atoms with van der Waals surface area (Å²) in [5.74, 6) is -0.299. The Morgan fingerprint density at radius 1 is 1.48 bits per heavy atom. The standard InChI is InChI=1S/C16H24FN3O/c1-11(2)19-10-12-6-4-7-13(17)15(12)20-9-5-8-14(20)16(21)18-3/h4,6-7,11,14,19H,5,8-10H2,1-3H3,(H,18,21). The molecule has 116 valence electrons. The van der Waals surface area contributed by atoms with Crippen LogP contribution in [0.2, 0.25) is 0 Å². The molecule has 0 aliphatic carbocycles. The number of amides is 1. The lowest BCUT2D eigenvalue weighted by Gasteiger charge is -2.28. The Labute approximate surface area is 125 Å². The molecule has 0 radical (unpaired) electrons. The second-order valence-corrected chi connectivity index (χ2v) is 5.75. The van der Waals surface area contributed by atoms with Crippen LogP contribution in [0.1, 0.15) is 32.3 Å². The van der Waals surface area contributed by atoms with Crippen LogP contribution in [0.3, 0.4) is 0 Å². The van der Waals surface area contributed by atoms with Crippen molar-refractivity contribution in [2.75, 3.05) is 18.5 Å². The molecule has 2 N–H and O–H groups in total. The van der Waals surface area contributed by atoms with Gasteiger partial charge in [-0.15, -0.1) is 0 Å². The van der Waals surface area contributed by atoms with Gasteiger partial charge in [-0.2, -0.15) is 0 Å². The number of rotatable bonds is 5. The molecule has 1 fully saturated rings. The van der Waals surface area contributed by atoms with Crippen molar-refractivity contribution >= 4 is 11.6 Å². The monoisotopic (exact) mass is 293 g/mol. The van der Waals surface area contributed by atoms with Crippen molar-refractivity contribution in [2.45, 2.75) is 45.3 Å². The normalized spacial score (nSPS) is 18.3. The minimum absolute atomic E-state index is 0.0430. The van der Waals surface area contributed by atoms with Crippen LogP contribution in [0.15, 0.2) is 18.2 Å². The third kappa shape index (κ3) is 3.53. The molecule has 1 aliphatic rings. The molecule has 1 unspecified atom stereocenters. The van der Waals surface area contributed by atoms with Crippen LogP contribution in [0.25, 0.3) is 0 Å². The first-order valence-corrected chi connectivity index (χ1v) is 7.53. The molecule has 1 saturated heterocycles. The lowest BCUT2D eigenvalue weighted by atomic mass is 10.1. The van der Waals surface area contributed by atoms with Crippen LogP contribution in [0.5, 0.6) is 0 Å². The van der Waals surface area contributed by atoms with Crippen LogP contribution in [-0.4, -0.2) is 31.6 Å². The summed E-state index contributed by atoms with van der Waals surface area (Å²) in [5, 5.41) is 5.99. The molecule has 1 heterocycles. The number of benzene rings is 1. The SMILES string of the molecule is CNC(=O)C1CCCN1c1c(F)cccc1CNC(C)C. The van der Waals surface area contributed by atoms with Gasteiger partial charge in [0.25, 0.3) is 0 Å². The number of halogens is 1. The van der Waals surface area contributed by atoms with Gasteiger partial charge in [0.05, 0.1) is 5.69 Å². The van der Waals surface area contributed by atoms with Gasteiger partial charge in [-0.05, 0) is 24.5 Å². The molecule has 5 heteroatoms. The van der Waals surface area contributed by atoms with E-state index < -0.39 is 0 Å². The maximum absolute atomic E-state index is 14.4. The van der Waals surface area contributed by atoms with E-state index in [1.54, 1.807) is 13.1 Å². The average molecular weight is 293 g/mol. The van der Waals surface area contributed by atoms with Gasteiger partial charge in [-0.1, -0.05) is 26.0 Å². The predicted molar refractivity (Wildman–Crippen MR) is 82.8 cm³/mol. The number of para-hydroxylation sites is 1. The number of carbonyl (C=O) groups excluding carboxylic acids is 1. The summed E-state index contributed by atoms with van der Waals surface area (Å²) in [4.78, 5) is 13.9. The maximum Gasteiger partial charge on any atom is 0.242 e. The van der Waals surface area contributed by atoms with Gasteiger partial charge in [-0.25, -0.2) is 4.39 Å². The number of hydrogen-bond acceptors (Lipinski definition) is 3. The molecular formula is C16H24FN3O. The van der Waals surface area contributed by atoms with E-state index in [0.29, 0.717) is 24.8 Å². The van der Waals surface area contributed by atoms with Crippen LogP contribution in [0.4, 0.5) is 10.1 Å². The van der Waals surface area contributed by atoms with Crippen LogP contribution in [0, 0.1) is 5.82 Å². The average Bonchev–Trinajstić information content (AvgIpc) is 2.93. The van der Waals surface area contributed by atoms with Crippen molar-refractivity contribution in [1.82, 2.24) is 10.6 Å². The molecule has 0 spiro atoms. The Balaban J connectivity index is 2.30. The number of likely N-dealkylation sites (N-methyl/N-ethyl adjacent to an activating group) is 1. The van der Waals surface area contributed by atoms with Crippen LogP contribution >= 0.6 is 0 Å². The largest absolute Gasteiger partial charge is 0.357 e. The molecule has 21 heavy (non-hydrogen) atoms. The van der Waals surface area contributed by atoms with Gasteiger partial charge in [0, 0.05) is 26.2 Å². The minimum Gasteiger partial charge on any atom is -0.357 e. The lowest BCUT2D eigenvalue weighted by molar-refractivity contribution is -0.121. The summed E-state index contributed by atoms with van der Waals surface area (Å²) >= 11 is 0. The molecule has 1 aromatic rings. The number of carbonyl (C=O) groups is 1. The molecule has 0 bridgehead atoms. The third-order valence-corrected chi connectivity index (χ3v) is 3.86. The van der Waals surface area contributed by atoms with E-state index in [0.717, 1.165) is 18.4 Å². The second-order valence-electron chi connectivity index (χ2n) is 5.75. The van der Waals surface area contributed by atoms with Gasteiger partial charge < -0.3 is 15.5 Å². The Kier molecular flexibility index (Phi) is 5.17. The first kappa shape index (κ1) is 15.8. The highest BCUT2D eigenvalue weighted by Crippen LogP contribution is 2.31. The Morgan fingerprint density at radius 3 is 2.90 bits per heavy atom. The lowest BCUT2D eigenvalue weighted by Crippen LogP contribution is -2.43. The Hall–Kier alpha value is -1.62. The number of anilines is 1. The molecular weight excluding hydrogens is 269 g/mol. The number of hydrogen-bond donors (Lipinski definition) is 2. The van der Waals surface area contributed by atoms with E-state index in [2.05, 4.69) is 24.5 Å². The zero-order valence-electron chi connectivity index (χ0n) is 12.9. The molecule has 1 aliphatic heterocycles. The van der Waals surface area contributed by atoms with Gasteiger partial charge >= 0.3 is 0 Å². The van der Waals surface area contributed by atoms with Crippen molar-refractivity contribution in [2.24, 2.45) is 0 Å². The van der Waals surface area contributed by atoms with Gasteiger partial charge in [0.2, 0.25) is 5.91 Å². The van der Waals surface area contributed by atoms with Crippen molar-refractivity contribution < 1.29 is 9.18 Å². The van der Waals surface area contributed by atoms with Gasteiger partial charge in [0.15, 0.2) is 0 Å². The highest BCUT2D eigenvalue weighted by Gasteiger charge is 2.32. The van der Waals surface area contributed by atoms with Crippen molar-refractivity contribution in [3.05, 3.63) is 29.6 Å². The highest BCUT2D eigenvalue weighted by atomic mass is 19.1. The van der Waals surface area contributed by atoms with Gasteiger partial charge in [-0.3, -0.25) is 4.79 Å². The van der Waals surface area contributed by atoms with E-state index in [1.165, 1.54) is 6.07 Å². The highest BCUT2D eigenvalue weighted by molar-refractivity contribution is 5.86. The zero-order valence-corrected chi connectivity index (χ0v) is 12.9. The molecule has 0 aromatic heterocycles. The smallest absolute Gasteiger partial charge is 0.242 e. The second kappa shape index (κ2) is 6.89. The summed E-state index contributed by atoms with van der Waals surface area (Å²) in [7, 11) is 1.63. The molecule has 4 nitrogen and oxygen atoms in total. The molecule has 1 atom stereocenters. The minimum atomic E-state index is -0.273. The Bertz CT molecular complexity index is 504. The topological polar surface area (TPSA) is 44.4 Å². The quantitative estimate of drug-likeness (QED) is 0.873. The van der Waals surface area contributed by atoms with E-state index in [4.69, 9.17) is 0 Å². The summed E-state index contributed by atoms with van der Waals surface area (Å²) in [6.45, 7) is 5.43.